The second-order valence-electron chi connectivity index (χ2n) is 4.28. The zero-order valence-electron chi connectivity index (χ0n) is 11.1. The second kappa shape index (κ2) is 5.52. The molecule has 2 aromatic rings. The predicted octanol–water partition coefficient (Wildman–Crippen LogP) is 2.99. The normalized spacial score (nSPS) is 11.2. The highest BCUT2D eigenvalue weighted by Gasteiger charge is 2.18. The lowest BCUT2D eigenvalue weighted by Crippen LogP contribution is -2.04. The van der Waals surface area contributed by atoms with Crippen molar-refractivity contribution in [3.05, 3.63) is 48.0 Å². The maximum atomic E-state index is 11.4. The third-order valence-electron chi connectivity index (χ3n) is 2.84. The van der Waals surface area contributed by atoms with Crippen LogP contribution < -0.4 is 10.1 Å². The number of para-hydroxylation sites is 1. The van der Waals surface area contributed by atoms with Crippen LogP contribution in [0.25, 0.3) is 0 Å². The lowest BCUT2D eigenvalue weighted by molar-refractivity contribution is 0.397. The summed E-state index contributed by atoms with van der Waals surface area (Å²) in [5.41, 5.74) is 2.21. The summed E-state index contributed by atoms with van der Waals surface area (Å²) in [6, 6.07) is 12.3. The Labute approximate surface area is 118 Å². The van der Waals surface area contributed by atoms with E-state index in [9.17, 15) is 13.0 Å². The highest BCUT2D eigenvalue weighted by molar-refractivity contribution is 7.86. The Bertz CT molecular complexity index is 711. The zero-order valence-corrected chi connectivity index (χ0v) is 11.9. The summed E-state index contributed by atoms with van der Waals surface area (Å²) >= 11 is 0. The minimum Gasteiger partial charge on any atom is -0.495 e. The average Bonchev–Trinajstić information content (AvgIpc) is 2.40. The Kier molecular flexibility index (Phi) is 3.96. The molecule has 0 aliphatic heterocycles. The average molecular weight is 293 g/mol. The highest BCUT2D eigenvalue weighted by Crippen LogP contribution is 2.31. The van der Waals surface area contributed by atoms with E-state index in [2.05, 4.69) is 5.32 Å². The maximum Gasteiger partial charge on any atom is 0.298 e. The van der Waals surface area contributed by atoms with Crippen molar-refractivity contribution in [3.63, 3.8) is 0 Å². The molecule has 20 heavy (non-hydrogen) atoms. The van der Waals surface area contributed by atoms with Gasteiger partial charge in [-0.2, -0.15) is 8.42 Å². The minimum atomic E-state index is -4.34. The Balaban J connectivity index is 2.49. The van der Waals surface area contributed by atoms with E-state index < -0.39 is 10.1 Å². The van der Waals surface area contributed by atoms with Crippen LogP contribution in [0.15, 0.2) is 47.4 Å². The minimum absolute atomic E-state index is 0.114. The fourth-order valence-electron chi connectivity index (χ4n) is 1.83. The molecule has 5 nitrogen and oxygen atoms in total. The first-order chi connectivity index (χ1) is 9.41. The largest absolute Gasteiger partial charge is 0.495 e. The number of hydrogen-bond acceptors (Lipinski definition) is 4. The van der Waals surface area contributed by atoms with Crippen molar-refractivity contribution >= 4 is 21.5 Å². The molecule has 0 unspecified atom stereocenters. The van der Waals surface area contributed by atoms with Crippen LogP contribution in [0.4, 0.5) is 11.4 Å². The van der Waals surface area contributed by atoms with Crippen LogP contribution in [-0.2, 0) is 10.1 Å². The van der Waals surface area contributed by atoms with Crippen LogP contribution in [0.3, 0.4) is 0 Å². The van der Waals surface area contributed by atoms with Gasteiger partial charge in [-0.25, -0.2) is 0 Å². The lowest BCUT2D eigenvalue weighted by Gasteiger charge is -2.13. The molecule has 0 heterocycles. The molecule has 0 spiro atoms. The SMILES string of the molecule is COc1cc(C)c(Nc2ccccc2)cc1S(=O)(=O)O. The molecule has 0 aliphatic carbocycles. The van der Waals surface area contributed by atoms with Gasteiger partial charge in [-0.05, 0) is 36.8 Å². The van der Waals surface area contributed by atoms with Gasteiger partial charge in [0.1, 0.15) is 10.6 Å². The number of anilines is 2. The fourth-order valence-corrected chi connectivity index (χ4v) is 2.50. The molecule has 2 N–H and O–H groups in total. The van der Waals surface area contributed by atoms with Crippen molar-refractivity contribution in [3.8, 4) is 5.75 Å². The quantitative estimate of drug-likeness (QED) is 0.848. The number of nitrogens with one attached hydrogen (secondary N) is 1. The molecule has 2 rings (SSSR count). The predicted molar refractivity (Wildman–Crippen MR) is 77.3 cm³/mol. The van der Waals surface area contributed by atoms with E-state index in [-0.39, 0.29) is 10.6 Å². The van der Waals surface area contributed by atoms with Gasteiger partial charge in [0.15, 0.2) is 0 Å². The molecule has 0 radical (unpaired) electrons. The van der Waals surface area contributed by atoms with Crippen molar-refractivity contribution in [2.45, 2.75) is 11.8 Å². The molecule has 6 heteroatoms. The first-order valence-electron chi connectivity index (χ1n) is 5.90. The standard InChI is InChI=1S/C14H15NO4S/c1-10-8-13(19-2)14(20(16,17)18)9-12(10)15-11-6-4-3-5-7-11/h3-9,15H,1-2H3,(H,16,17,18). The van der Waals surface area contributed by atoms with Gasteiger partial charge in [0.2, 0.25) is 0 Å². The maximum absolute atomic E-state index is 11.4. The van der Waals surface area contributed by atoms with E-state index in [1.807, 2.05) is 37.3 Å². The van der Waals surface area contributed by atoms with Crippen LogP contribution in [0.2, 0.25) is 0 Å². The second-order valence-corrected chi connectivity index (χ2v) is 5.67. The molecule has 0 saturated heterocycles. The Morgan fingerprint density at radius 1 is 1.15 bits per heavy atom. The number of hydrogen-bond donors (Lipinski definition) is 2. The van der Waals surface area contributed by atoms with E-state index in [0.29, 0.717) is 5.69 Å². The summed E-state index contributed by atoms with van der Waals surface area (Å²) in [5, 5.41) is 3.10. The fraction of sp³-hybridized carbons (Fsp3) is 0.143. The van der Waals surface area contributed by atoms with Crippen LogP contribution in [0, 0.1) is 6.92 Å². The summed E-state index contributed by atoms with van der Waals surface area (Å²) in [5.74, 6) is 0.114. The van der Waals surface area contributed by atoms with E-state index in [1.165, 1.54) is 13.2 Å². The van der Waals surface area contributed by atoms with Crippen LogP contribution in [0.1, 0.15) is 5.56 Å². The topological polar surface area (TPSA) is 75.6 Å². The van der Waals surface area contributed by atoms with Crippen LogP contribution in [-0.4, -0.2) is 20.1 Å². The smallest absolute Gasteiger partial charge is 0.298 e. The third-order valence-corrected chi connectivity index (χ3v) is 3.72. The lowest BCUT2D eigenvalue weighted by atomic mass is 10.2. The number of rotatable bonds is 4. The van der Waals surface area contributed by atoms with Crippen LogP contribution >= 0.6 is 0 Å². The van der Waals surface area contributed by atoms with Crippen molar-refractivity contribution in [2.75, 3.05) is 12.4 Å². The monoisotopic (exact) mass is 293 g/mol. The van der Waals surface area contributed by atoms with E-state index >= 15 is 0 Å². The van der Waals surface area contributed by atoms with Crippen molar-refractivity contribution < 1.29 is 17.7 Å². The first kappa shape index (κ1) is 14.4. The molecular formula is C14H15NO4S. The molecule has 0 atom stereocenters. The van der Waals surface area contributed by atoms with Crippen molar-refractivity contribution in [1.29, 1.82) is 0 Å². The molecule has 2 aromatic carbocycles. The van der Waals surface area contributed by atoms with Gasteiger partial charge in [-0.3, -0.25) is 4.55 Å². The van der Waals surface area contributed by atoms with Gasteiger partial charge in [-0.15, -0.1) is 0 Å². The Morgan fingerprint density at radius 2 is 1.80 bits per heavy atom. The molecular weight excluding hydrogens is 278 g/mol. The molecule has 0 amide bonds. The van der Waals surface area contributed by atoms with E-state index in [1.54, 1.807) is 6.07 Å². The van der Waals surface area contributed by atoms with E-state index in [0.717, 1.165) is 11.3 Å². The molecule has 0 saturated carbocycles. The number of aryl methyl sites for hydroxylation is 1. The summed E-state index contributed by atoms with van der Waals surface area (Å²) in [6.07, 6.45) is 0. The van der Waals surface area contributed by atoms with Gasteiger partial charge in [0, 0.05) is 11.4 Å². The third kappa shape index (κ3) is 3.09. The molecule has 0 bridgehead atoms. The molecule has 106 valence electrons. The first-order valence-corrected chi connectivity index (χ1v) is 7.34. The molecule has 0 fully saturated rings. The van der Waals surface area contributed by atoms with Gasteiger partial charge in [0.05, 0.1) is 7.11 Å². The summed E-state index contributed by atoms with van der Waals surface area (Å²) in [6.45, 7) is 1.82. The molecule has 0 aliphatic rings. The summed E-state index contributed by atoms with van der Waals surface area (Å²) in [4.78, 5) is -0.260. The Hall–Kier alpha value is -2.05. The summed E-state index contributed by atoms with van der Waals surface area (Å²) < 4.78 is 37.0. The number of benzene rings is 2. The van der Waals surface area contributed by atoms with Gasteiger partial charge >= 0.3 is 0 Å². The Morgan fingerprint density at radius 3 is 2.35 bits per heavy atom. The van der Waals surface area contributed by atoms with Crippen molar-refractivity contribution in [2.24, 2.45) is 0 Å². The number of methoxy groups -OCH3 is 1. The van der Waals surface area contributed by atoms with Crippen LogP contribution in [0.5, 0.6) is 5.75 Å². The van der Waals surface area contributed by atoms with Gasteiger partial charge in [0.25, 0.3) is 10.1 Å². The van der Waals surface area contributed by atoms with Gasteiger partial charge in [-0.1, -0.05) is 18.2 Å². The van der Waals surface area contributed by atoms with E-state index in [4.69, 9.17) is 4.74 Å². The summed E-state index contributed by atoms with van der Waals surface area (Å²) in [7, 11) is -2.99. The highest BCUT2D eigenvalue weighted by atomic mass is 32.2. The molecule has 0 aromatic heterocycles. The van der Waals surface area contributed by atoms with Crippen molar-refractivity contribution in [1.82, 2.24) is 0 Å². The number of ether oxygens (including phenoxy) is 1. The van der Waals surface area contributed by atoms with Gasteiger partial charge < -0.3 is 10.1 Å². The zero-order chi connectivity index (χ0) is 14.8.